The number of nitrogens with zero attached hydrogens (tertiary/aromatic N) is 4. The van der Waals surface area contributed by atoms with E-state index in [-0.39, 0.29) is 24.3 Å². The number of hydrogen-bond donors (Lipinski definition) is 0. The summed E-state index contributed by atoms with van der Waals surface area (Å²) in [6.07, 6.45) is 6.44. The Kier molecular flexibility index (Phi) is 6.16. The fourth-order valence-corrected chi connectivity index (χ4v) is 7.00. The molecule has 1 aromatic heterocycles. The fraction of sp³-hybridized carbons (Fsp3) is 0.464. The summed E-state index contributed by atoms with van der Waals surface area (Å²) in [5, 5.41) is 0.950. The highest BCUT2D eigenvalue weighted by atomic mass is 32.1. The second-order valence-corrected chi connectivity index (χ2v) is 11.2. The Morgan fingerprint density at radius 3 is 2.37 bits per heavy atom. The van der Waals surface area contributed by atoms with E-state index in [4.69, 9.17) is 4.98 Å². The average molecular weight is 489 g/mol. The predicted molar refractivity (Wildman–Crippen MR) is 141 cm³/mol. The summed E-state index contributed by atoms with van der Waals surface area (Å²) in [4.78, 5) is 37.3. The molecule has 3 aromatic rings. The first-order valence-electron chi connectivity index (χ1n) is 12.9. The summed E-state index contributed by atoms with van der Waals surface area (Å²) < 4.78 is 1.17. The first kappa shape index (κ1) is 22.8. The number of imide groups is 1. The molecule has 3 aliphatic rings. The summed E-state index contributed by atoms with van der Waals surface area (Å²) in [5.74, 6) is -0.170. The van der Waals surface area contributed by atoms with Crippen LogP contribution < -0.4 is 4.90 Å². The molecule has 3 fully saturated rings. The van der Waals surface area contributed by atoms with Crippen molar-refractivity contribution in [2.24, 2.45) is 0 Å². The van der Waals surface area contributed by atoms with E-state index in [1.54, 1.807) is 11.3 Å². The maximum Gasteiger partial charge on any atom is 0.251 e. The zero-order valence-corrected chi connectivity index (χ0v) is 21.1. The first-order valence-corrected chi connectivity index (χ1v) is 13.7. The molecule has 1 unspecified atom stereocenters. The summed E-state index contributed by atoms with van der Waals surface area (Å²) in [5.41, 5.74) is 3.88. The van der Waals surface area contributed by atoms with Crippen molar-refractivity contribution in [3.63, 3.8) is 0 Å². The Morgan fingerprint density at radius 2 is 1.63 bits per heavy atom. The normalized spacial score (nSPS) is 23.0. The van der Waals surface area contributed by atoms with Gasteiger partial charge >= 0.3 is 0 Å². The SMILES string of the molecule is Cc1ccc2nc(-c3ccc(N4C(=O)CC(N5CCC(N6CCCCC6)CC5)C4=O)cc3)sc2c1. The Hall–Kier alpha value is -2.61. The van der Waals surface area contributed by atoms with Gasteiger partial charge in [0.25, 0.3) is 5.91 Å². The van der Waals surface area contributed by atoms with Crippen LogP contribution in [0.1, 0.15) is 44.1 Å². The molecule has 6 nitrogen and oxygen atoms in total. The van der Waals surface area contributed by atoms with Gasteiger partial charge in [0.15, 0.2) is 0 Å². The lowest BCUT2D eigenvalue weighted by Crippen LogP contribution is -2.51. The highest BCUT2D eigenvalue weighted by Gasteiger charge is 2.43. The quantitative estimate of drug-likeness (QED) is 0.491. The molecular weight excluding hydrogens is 456 g/mol. The van der Waals surface area contributed by atoms with E-state index in [1.807, 2.05) is 24.3 Å². The first-order chi connectivity index (χ1) is 17.1. The lowest BCUT2D eigenvalue weighted by molar-refractivity contribution is -0.123. The molecule has 3 aliphatic heterocycles. The number of rotatable bonds is 4. The van der Waals surface area contributed by atoms with Crippen molar-refractivity contribution in [2.75, 3.05) is 31.1 Å². The number of hydrogen-bond acceptors (Lipinski definition) is 6. The monoisotopic (exact) mass is 488 g/mol. The summed E-state index contributed by atoms with van der Waals surface area (Å²) >= 11 is 1.66. The molecule has 1 atom stereocenters. The third kappa shape index (κ3) is 4.41. The molecule has 4 heterocycles. The number of piperidine rings is 2. The minimum Gasteiger partial charge on any atom is -0.300 e. The van der Waals surface area contributed by atoms with E-state index >= 15 is 0 Å². The zero-order chi connectivity index (χ0) is 23.9. The molecule has 7 heteroatoms. The number of amides is 2. The van der Waals surface area contributed by atoms with Gasteiger partial charge in [-0.2, -0.15) is 0 Å². The van der Waals surface area contributed by atoms with Crippen molar-refractivity contribution in [1.29, 1.82) is 0 Å². The molecule has 6 rings (SSSR count). The summed E-state index contributed by atoms with van der Waals surface area (Å²) in [6, 6.07) is 14.3. The van der Waals surface area contributed by atoms with E-state index in [9.17, 15) is 9.59 Å². The van der Waals surface area contributed by atoms with E-state index in [2.05, 4.69) is 34.9 Å². The second kappa shape index (κ2) is 9.45. The van der Waals surface area contributed by atoms with Gasteiger partial charge in [0, 0.05) is 24.7 Å². The lowest BCUT2D eigenvalue weighted by Gasteiger charge is -2.41. The number of aromatic nitrogens is 1. The van der Waals surface area contributed by atoms with Crippen LogP contribution in [0.5, 0.6) is 0 Å². The average Bonchev–Trinajstić information content (AvgIpc) is 3.44. The Labute approximate surface area is 210 Å². The number of likely N-dealkylation sites (tertiary alicyclic amines) is 2. The van der Waals surface area contributed by atoms with Crippen molar-refractivity contribution >= 4 is 39.1 Å². The fourth-order valence-electron chi connectivity index (χ4n) is 5.93. The van der Waals surface area contributed by atoms with Gasteiger partial charge in [-0.3, -0.25) is 14.5 Å². The molecular formula is C28H32N4O2S. The van der Waals surface area contributed by atoms with Gasteiger partial charge in [-0.25, -0.2) is 9.88 Å². The van der Waals surface area contributed by atoms with Crippen LogP contribution in [0, 0.1) is 6.92 Å². The lowest BCUT2D eigenvalue weighted by atomic mass is 9.98. The molecule has 0 radical (unpaired) electrons. The van der Waals surface area contributed by atoms with Gasteiger partial charge in [-0.15, -0.1) is 11.3 Å². The predicted octanol–water partition coefficient (Wildman–Crippen LogP) is 4.85. The molecule has 35 heavy (non-hydrogen) atoms. The van der Waals surface area contributed by atoms with Gasteiger partial charge in [-0.05, 0) is 87.7 Å². The van der Waals surface area contributed by atoms with Gasteiger partial charge in [0.05, 0.1) is 28.4 Å². The van der Waals surface area contributed by atoms with Crippen LogP contribution in [-0.2, 0) is 9.59 Å². The van der Waals surface area contributed by atoms with Crippen molar-refractivity contribution in [2.45, 2.75) is 57.5 Å². The van der Waals surface area contributed by atoms with Gasteiger partial charge in [-0.1, -0.05) is 12.5 Å². The van der Waals surface area contributed by atoms with Crippen LogP contribution in [-0.4, -0.2) is 64.9 Å². The maximum atomic E-state index is 13.3. The van der Waals surface area contributed by atoms with Crippen molar-refractivity contribution in [3.8, 4) is 10.6 Å². The van der Waals surface area contributed by atoms with Crippen LogP contribution in [0.2, 0.25) is 0 Å². The van der Waals surface area contributed by atoms with E-state index in [0.29, 0.717) is 11.7 Å². The Bertz CT molecular complexity index is 1240. The van der Waals surface area contributed by atoms with E-state index in [0.717, 1.165) is 42.0 Å². The summed E-state index contributed by atoms with van der Waals surface area (Å²) in [6.45, 7) is 6.31. The molecule has 2 aromatic carbocycles. The second-order valence-electron chi connectivity index (χ2n) is 10.2. The number of anilines is 1. The van der Waals surface area contributed by atoms with Crippen LogP contribution in [0.15, 0.2) is 42.5 Å². The highest BCUT2D eigenvalue weighted by molar-refractivity contribution is 7.21. The molecule has 2 amide bonds. The molecule has 0 spiro atoms. The third-order valence-corrected chi connectivity index (χ3v) is 8.95. The number of benzene rings is 2. The number of thiazole rings is 1. The molecule has 0 saturated carbocycles. The minimum atomic E-state index is -0.322. The van der Waals surface area contributed by atoms with Crippen LogP contribution >= 0.6 is 11.3 Å². The van der Waals surface area contributed by atoms with Crippen molar-refractivity contribution in [3.05, 3.63) is 48.0 Å². The smallest absolute Gasteiger partial charge is 0.251 e. The Balaban J connectivity index is 1.13. The standard InChI is InChI=1S/C28H32N4O2S/c1-19-5-10-23-25(17-19)35-27(29-23)20-6-8-22(9-7-20)32-26(33)18-24(28(32)34)31-15-11-21(12-16-31)30-13-3-2-4-14-30/h5-10,17,21,24H,2-4,11-16,18H2,1H3. The Morgan fingerprint density at radius 1 is 0.886 bits per heavy atom. The van der Waals surface area contributed by atoms with Gasteiger partial charge < -0.3 is 4.90 Å². The molecule has 0 N–H and O–H groups in total. The highest BCUT2D eigenvalue weighted by Crippen LogP contribution is 2.33. The third-order valence-electron chi connectivity index (χ3n) is 7.89. The topological polar surface area (TPSA) is 56.8 Å². The number of carbonyl (C=O) groups excluding carboxylic acids is 2. The van der Waals surface area contributed by atoms with Gasteiger partial charge in [0.1, 0.15) is 5.01 Å². The number of fused-ring (bicyclic) bond motifs is 1. The van der Waals surface area contributed by atoms with Crippen LogP contribution in [0.25, 0.3) is 20.8 Å². The molecule has 182 valence electrons. The van der Waals surface area contributed by atoms with Crippen LogP contribution in [0.3, 0.4) is 0 Å². The van der Waals surface area contributed by atoms with Crippen LogP contribution in [0.4, 0.5) is 5.69 Å². The number of carbonyl (C=O) groups is 2. The van der Waals surface area contributed by atoms with Gasteiger partial charge in [0.2, 0.25) is 5.91 Å². The molecule has 0 aliphatic carbocycles. The van der Waals surface area contributed by atoms with E-state index < -0.39 is 0 Å². The van der Waals surface area contributed by atoms with Crippen molar-refractivity contribution < 1.29 is 9.59 Å². The zero-order valence-electron chi connectivity index (χ0n) is 20.3. The van der Waals surface area contributed by atoms with Crippen molar-refractivity contribution in [1.82, 2.24) is 14.8 Å². The maximum absolute atomic E-state index is 13.3. The molecule has 3 saturated heterocycles. The minimum absolute atomic E-state index is 0.0744. The van der Waals surface area contributed by atoms with E-state index in [1.165, 1.54) is 47.5 Å². The largest absolute Gasteiger partial charge is 0.300 e. The molecule has 0 bridgehead atoms. The summed E-state index contributed by atoms with van der Waals surface area (Å²) in [7, 11) is 0. The number of aryl methyl sites for hydroxylation is 1.